The molecule has 1 fully saturated rings. The zero-order chi connectivity index (χ0) is 19.0. The Morgan fingerprint density at radius 3 is 2.74 bits per heavy atom. The second-order valence-electron chi connectivity index (χ2n) is 6.20. The van der Waals surface area contributed by atoms with Crippen molar-refractivity contribution in [2.45, 2.75) is 18.0 Å². The minimum absolute atomic E-state index is 0.120. The van der Waals surface area contributed by atoms with Crippen LogP contribution >= 0.6 is 23.1 Å². The van der Waals surface area contributed by atoms with E-state index in [2.05, 4.69) is 0 Å². The minimum atomic E-state index is -0.566. The Kier molecular flexibility index (Phi) is 4.94. The third kappa shape index (κ3) is 3.24. The van der Waals surface area contributed by atoms with Gasteiger partial charge >= 0.3 is 5.97 Å². The highest BCUT2D eigenvalue weighted by atomic mass is 32.2. The molecule has 0 saturated carbocycles. The van der Waals surface area contributed by atoms with Gasteiger partial charge in [-0.05, 0) is 40.1 Å². The van der Waals surface area contributed by atoms with Crippen LogP contribution in [0.2, 0.25) is 0 Å². The predicted octanol–water partition coefficient (Wildman–Crippen LogP) is 2.45. The zero-order valence-corrected chi connectivity index (χ0v) is 16.2. The molecule has 0 aliphatic carbocycles. The molecule has 6 nitrogen and oxygen atoms in total. The number of fused-ring (bicyclic) bond motifs is 1. The molecule has 1 amide bonds. The second kappa shape index (κ2) is 7.38. The van der Waals surface area contributed by atoms with Gasteiger partial charge in [0.15, 0.2) is 0 Å². The first-order valence-corrected chi connectivity index (χ1v) is 10.4. The lowest BCUT2D eigenvalue weighted by Crippen LogP contribution is -2.68. The highest BCUT2D eigenvalue weighted by Crippen LogP contribution is 2.43. The molecule has 0 bridgehead atoms. The van der Waals surface area contributed by atoms with Gasteiger partial charge in [-0.15, -0.1) is 11.8 Å². The SMILES string of the molecule is COc1ccc(COC(=O)C2=C(c3ccsc3)CS[C@H]3[C@H](N)C(=O)N23)cc1. The van der Waals surface area contributed by atoms with E-state index in [4.69, 9.17) is 15.2 Å². The summed E-state index contributed by atoms with van der Waals surface area (Å²) in [5, 5.41) is 3.71. The standard InChI is InChI=1S/C19H18N2O4S2/c1-24-13-4-2-11(3-5-13)8-25-19(23)16-14(12-6-7-26-9-12)10-27-18-15(20)17(22)21(16)18/h2-7,9,15,18H,8,10,20H2,1H3/t15-,18+/m1/s1. The molecule has 2 aromatic rings. The first-order valence-electron chi connectivity index (χ1n) is 8.36. The van der Waals surface area contributed by atoms with Gasteiger partial charge in [0.25, 0.3) is 0 Å². The second-order valence-corrected chi connectivity index (χ2v) is 8.08. The molecule has 0 spiro atoms. The van der Waals surface area contributed by atoms with E-state index in [0.29, 0.717) is 11.4 Å². The summed E-state index contributed by atoms with van der Waals surface area (Å²) in [6, 6.07) is 8.68. The fourth-order valence-electron chi connectivity index (χ4n) is 3.10. The molecule has 8 heteroatoms. The number of methoxy groups -OCH3 is 1. The van der Waals surface area contributed by atoms with Gasteiger partial charge in [-0.2, -0.15) is 11.3 Å². The largest absolute Gasteiger partial charge is 0.497 e. The molecule has 1 aromatic carbocycles. The van der Waals surface area contributed by atoms with Crippen molar-refractivity contribution >= 4 is 40.5 Å². The molecule has 2 atom stereocenters. The minimum Gasteiger partial charge on any atom is -0.497 e. The van der Waals surface area contributed by atoms with Crippen molar-refractivity contribution in [3.63, 3.8) is 0 Å². The third-order valence-electron chi connectivity index (χ3n) is 4.60. The number of nitrogens with two attached hydrogens (primary N) is 1. The first-order chi connectivity index (χ1) is 13.1. The number of esters is 1. The normalized spacial score (nSPS) is 21.6. The van der Waals surface area contributed by atoms with Gasteiger partial charge in [0.2, 0.25) is 5.91 Å². The molecule has 0 radical (unpaired) electrons. The number of carbonyl (C=O) groups excluding carboxylic acids is 2. The van der Waals surface area contributed by atoms with E-state index in [1.54, 1.807) is 30.2 Å². The number of carbonyl (C=O) groups is 2. The van der Waals surface area contributed by atoms with E-state index in [-0.39, 0.29) is 17.9 Å². The number of rotatable bonds is 5. The maximum absolute atomic E-state index is 12.9. The van der Waals surface area contributed by atoms with Crippen molar-refractivity contribution in [2.75, 3.05) is 12.9 Å². The number of benzene rings is 1. The van der Waals surface area contributed by atoms with Crippen molar-refractivity contribution in [2.24, 2.45) is 5.73 Å². The molecule has 2 aliphatic heterocycles. The van der Waals surface area contributed by atoms with Crippen LogP contribution in [0.5, 0.6) is 5.75 Å². The molecule has 140 valence electrons. The monoisotopic (exact) mass is 402 g/mol. The average Bonchev–Trinajstić information content (AvgIpc) is 3.25. The molecular formula is C19H18N2O4S2. The van der Waals surface area contributed by atoms with Crippen LogP contribution in [0.1, 0.15) is 11.1 Å². The zero-order valence-electron chi connectivity index (χ0n) is 14.6. The Labute approximate surface area is 164 Å². The number of amides is 1. The fraction of sp³-hybridized carbons (Fsp3) is 0.263. The van der Waals surface area contributed by atoms with Gasteiger partial charge in [-0.25, -0.2) is 4.79 Å². The molecule has 0 unspecified atom stereocenters. The molecular weight excluding hydrogens is 384 g/mol. The van der Waals surface area contributed by atoms with E-state index in [1.165, 1.54) is 4.90 Å². The number of β-lactam (4-membered cyclic amide) rings is 1. The quantitative estimate of drug-likeness (QED) is 0.611. The maximum Gasteiger partial charge on any atom is 0.355 e. The number of thioether (sulfide) groups is 1. The number of thiophene rings is 1. The predicted molar refractivity (Wildman–Crippen MR) is 105 cm³/mol. The van der Waals surface area contributed by atoms with Gasteiger partial charge < -0.3 is 15.2 Å². The van der Waals surface area contributed by atoms with Crippen LogP contribution in [0.25, 0.3) is 5.57 Å². The van der Waals surface area contributed by atoms with E-state index in [0.717, 1.165) is 22.4 Å². The molecule has 4 rings (SSSR count). The van der Waals surface area contributed by atoms with E-state index in [1.807, 2.05) is 41.1 Å². The first kappa shape index (κ1) is 18.1. The number of ether oxygens (including phenoxy) is 2. The Bertz CT molecular complexity index is 893. The summed E-state index contributed by atoms with van der Waals surface area (Å²) in [6.07, 6.45) is 0. The van der Waals surface area contributed by atoms with Crippen molar-refractivity contribution in [1.29, 1.82) is 0 Å². The smallest absolute Gasteiger partial charge is 0.355 e. The number of nitrogens with zero attached hydrogens (tertiary/aromatic N) is 1. The highest BCUT2D eigenvalue weighted by molar-refractivity contribution is 8.00. The summed E-state index contributed by atoms with van der Waals surface area (Å²) in [5.74, 6) is 0.611. The van der Waals surface area contributed by atoms with Crippen LogP contribution in [0.4, 0.5) is 0 Å². The Hall–Kier alpha value is -2.29. The van der Waals surface area contributed by atoms with Crippen molar-refractivity contribution in [3.8, 4) is 5.75 Å². The van der Waals surface area contributed by atoms with Gasteiger partial charge in [0, 0.05) is 11.3 Å². The van der Waals surface area contributed by atoms with Gasteiger partial charge in [0.1, 0.15) is 29.5 Å². The molecule has 2 aliphatic rings. The van der Waals surface area contributed by atoms with E-state index >= 15 is 0 Å². The summed E-state index contributed by atoms with van der Waals surface area (Å²) < 4.78 is 10.7. The van der Waals surface area contributed by atoms with Gasteiger partial charge in [-0.3, -0.25) is 9.69 Å². The number of hydrogen-bond donors (Lipinski definition) is 1. The lowest BCUT2D eigenvalue weighted by atomic mass is 10.0. The maximum atomic E-state index is 12.9. The Balaban J connectivity index is 1.58. The molecule has 1 aromatic heterocycles. The summed E-state index contributed by atoms with van der Waals surface area (Å²) in [7, 11) is 1.60. The molecule has 27 heavy (non-hydrogen) atoms. The van der Waals surface area contributed by atoms with Crippen LogP contribution < -0.4 is 10.5 Å². The lowest BCUT2D eigenvalue weighted by molar-refractivity contribution is -0.151. The van der Waals surface area contributed by atoms with Crippen LogP contribution in [0.3, 0.4) is 0 Å². The lowest BCUT2D eigenvalue weighted by Gasteiger charge is -2.48. The van der Waals surface area contributed by atoms with Gasteiger partial charge in [-0.1, -0.05) is 12.1 Å². The van der Waals surface area contributed by atoms with Crippen LogP contribution in [0, 0.1) is 0 Å². The fourth-order valence-corrected chi connectivity index (χ4v) is 5.10. The van der Waals surface area contributed by atoms with Crippen molar-refractivity contribution < 1.29 is 19.1 Å². The van der Waals surface area contributed by atoms with Crippen LogP contribution in [-0.4, -0.2) is 41.1 Å². The molecule has 3 heterocycles. The van der Waals surface area contributed by atoms with Crippen molar-refractivity contribution in [3.05, 3.63) is 57.9 Å². The summed E-state index contributed by atoms with van der Waals surface area (Å²) >= 11 is 3.12. The summed E-state index contributed by atoms with van der Waals surface area (Å²) in [5.41, 5.74) is 8.82. The molecule has 1 saturated heterocycles. The highest BCUT2D eigenvalue weighted by Gasteiger charge is 2.52. The average molecular weight is 402 g/mol. The Morgan fingerprint density at radius 2 is 2.07 bits per heavy atom. The summed E-state index contributed by atoms with van der Waals surface area (Å²) in [6.45, 7) is 0.120. The van der Waals surface area contributed by atoms with E-state index < -0.39 is 12.0 Å². The van der Waals surface area contributed by atoms with Gasteiger partial charge in [0.05, 0.1) is 7.11 Å². The van der Waals surface area contributed by atoms with Crippen LogP contribution in [-0.2, 0) is 20.9 Å². The van der Waals surface area contributed by atoms with E-state index in [9.17, 15) is 9.59 Å². The summed E-state index contributed by atoms with van der Waals surface area (Å²) in [4.78, 5) is 26.7. The van der Waals surface area contributed by atoms with Crippen molar-refractivity contribution in [1.82, 2.24) is 4.90 Å². The third-order valence-corrected chi connectivity index (χ3v) is 6.59. The number of hydrogen-bond acceptors (Lipinski definition) is 7. The molecule has 2 N–H and O–H groups in total. The Morgan fingerprint density at radius 1 is 1.30 bits per heavy atom. The van der Waals surface area contributed by atoms with Crippen LogP contribution in [0.15, 0.2) is 46.8 Å². The topological polar surface area (TPSA) is 81.9 Å².